The maximum atomic E-state index is 13.6. The third-order valence-corrected chi connectivity index (χ3v) is 2.48. The van der Waals surface area contributed by atoms with E-state index >= 15 is 0 Å². The lowest BCUT2D eigenvalue weighted by Crippen LogP contribution is -2.14. The van der Waals surface area contributed by atoms with Gasteiger partial charge in [-0.2, -0.15) is 0 Å². The highest BCUT2D eigenvalue weighted by Crippen LogP contribution is 2.26. The number of nitrogens with zero attached hydrogens (tertiary/aromatic N) is 1. The van der Waals surface area contributed by atoms with E-state index in [0.717, 1.165) is 0 Å². The number of aromatic nitrogens is 1. The van der Waals surface area contributed by atoms with Crippen molar-refractivity contribution in [3.8, 4) is 0 Å². The summed E-state index contributed by atoms with van der Waals surface area (Å²) in [5.41, 5.74) is 0.609. The van der Waals surface area contributed by atoms with Gasteiger partial charge in [0.25, 0.3) is 0 Å². The zero-order chi connectivity index (χ0) is 12.3. The molecule has 0 bridgehead atoms. The summed E-state index contributed by atoms with van der Waals surface area (Å²) < 4.78 is 13.6. The third kappa shape index (κ3) is 2.30. The van der Waals surface area contributed by atoms with Crippen LogP contribution in [0.15, 0.2) is 48.8 Å². The molecule has 17 heavy (non-hydrogen) atoms. The van der Waals surface area contributed by atoms with E-state index in [2.05, 4.69) is 4.98 Å². The quantitative estimate of drug-likeness (QED) is 0.882. The minimum Gasteiger partial charge on any atom is -0.481 e. The molecule has 1 aromatic carbocycles. The number of carboxylic acid groups (broad SMARTS) is 1. The van der Waals surface area contributed by atoms with E-state index in [0.29, 0.717) is 5.56 Å². The second-order valence-electron chi connectivity index (χ2n) is 3.58. The molecule has 0 fully saturated rings. The van der Waals surface area contributed by atoms with Crippen molar-refractivity contribution in [2.24, 2.45) is 0 Å². The topological polar surface area (TPSA) is 50.2 Å². The van der Waals surface area contributed by atoms with Gasteiger partial charge in [-0.1, -0.05) is 24.3 Å². The second kappa shape index (κ2) is 4.74. The van der Waals surface area contributed by atoms with Gasteiger partial charge in [0, 0.05) is 18.0 Å². The fourth-order valence-corrected chi connectivity index (χ4v) is 1.71. The summed E-state index contributed by atoms with van der Waals surface area (Å²) in [4.78, 5) is 15.1. The summed E-state index contributed by atoms with van der Waals surface area (Å²) in [6, 6.07) is 9.12. The van der Waals surface area contributed by atoms with Crippen LogP contribution in [0.4, 0.5) is 4.39 Å². The highest BCUT2D eigenvalue weighted by Gasteiger charge is 2.24. The van der Waals surface area contributed by atoms with Crippen molar-refractivity contribution in [1.29, 1.82) is 0 Å². The Morgan fingerprint density at radius 2 is 2.00 bits per heavy atom. The zero-order valence-corrected chi connectivity index (χ0v) is 8.88. The van der Waals surface area contributed by atoms with Crippen molar-refractivity contribution in [3.05, 3.63) is 65.7 Å². The van der Waals surface area contributed by atoms with Gasteiger partial charge in [0.2, 0.25) is 0 Å². The number of rotatable bonds is 3. The maximum Gasteiger partial charge on any atom is 0.315 e. The number of carbonyl (C=O) groups is 1. The number of halogens is 1. The highest BCUT2D eigenvalue weighted by atomic mass is 19.1. The largest absolute Gasteiger partial charge is 0.481 e. The van der Waals surface area contributed by atoms with Gasteiger partial charge in [-0.3, -0.25) is 9.78 Å². The normalized spacial score (nSPS) is 12.1. The van der Waals surface area contributed by atoms with E-state index < -0.39 is 17.7 Å². The van der Waals surface area contributed by atoms with Crippen molar-refractivity contribution < 1.29 is 14.3 Å². The molecule has 2 rings (SSSR count). The summed E-state index contributed by atoms with van der Waals surface area (Å²) in [7, 11) is 0. The minimum atomic E-state index is -1.09. The van der Waals surface area contributed by atoms with Gasteiger partial charge in [0.1, 0.15) is 11.7 Å². The molecule has 0 aliphatic rings. The first-order valence-electron chi connectivity index (χ1n) is 5.07. The highest BCUT2D eigenvalue weighted by molar-refractivity contribution is 5.80. The first-order valence-corrected chi connectivity index (χ1v) is 5.07. The molecule has 1 N–H and O–H groups in total. The van der Waals surface area contributed by atoms with Crippen LogP contribution in [0.5, 0.6) is 0 Å². The molecule has 86 valence electrons. The lowest BCUT2D eigenvalue weighted by molar-refractivity contribution is -0.137. The summed E-state index contributed by atoms with van der Waals surface area (Å²) in [5.74, 6) is -2.64. The average molecular weight is 231 g/mol. The molecule has 1 heterocycles. The first-order chi connectivity index (χ1) is 8.20. The molecular formula is C13H10FNO2. The Bertz CT molecular complexity index is 528. The van der Waals surface area contributed by atoms with Crippen molar-refractivity contribution >= 4 is 5.97 Å². The molecule has 1 aromatic heterocycles. The van der Waals surface area contributed by atoms with E-state index in [-0.39, 0.29) is 5.56 Å². The summed E-state index contributed by atoms with van der Waals surface area (Å²) in [5, 5.41) is 9.21. The zero-order valence-electron chi connectivity index (χ0n) is 8.88. The molecule has 0 amide bonds. The molecule has 1 atom stereocenters. The van der Waals surface area contributed by atoms with Crippen LogP contribution in [0.3, 0.4) is 0 Å². The van der Waals surface area contributed by atoms with Gasteiger partial charge in [-0.25, -0.2) is 4.39 Å². The van der Waals surface area contributed by atoms with Gasteiger partial charge in [-0.05, 0) is 17.7 Å². The predicted molar refractivity (Wildman–Crippen MR) is 60.1 cm³/mol. The number of carboxylic acids is 1. The third-order valence-electron chi connectivity index (χ3n) is 2.48. The van der Waals surface area contributed by atoms with Crippen LogP contribution < -0.4 is 0 Å². The second-order valence-corrected chi connectivity index (χ2v) is 3.58. The predicted octanol–water partition coefficient (Wildman–Crippen LogP) is 2.44. The van der Waals surface area contributed by atoms with Crippen molar-refractivity contribution in [3.63, 3.8) is 0 Å². The summed E-state index contributed by atoms with van der Waals surface area (Å²) >= 11 is 0. The first kappa shape index (κ1) is 11.3. The van der Waals surface area contributed by atoms with Crippen LogP contribution in [0.25, 0.3) is 0 Å². The molecule has 0 saturated carbocycles. The van der Waals surface area contributed by atoms with Gasteiger partial charge >= 0.3 is 5.97 Å². The Morgan fingerprint density at radius 3 is 2.59 bits per heavy atom. The molecule has 0 aliphatic carbocycles. The molecule has 0 radical (unpaired) electrons. The number of benzene rings is 1. The summed E-state index contributed by atoms with van der Waals surface area (Å²) in [6.07, 6.45) is 2.98. The van der Waals surface area contributed by atoms with Crippen LogP contribution in [-0.2, 0) is 4.79 Å². The Labute approximate surface area is 97.6 Å². The van der Waals surface area contributed by atoms with E-state index in [1.54, 1.807) is 24.4 Å². The smallest absolute Gasteiger partial charge is 0.315 e. The van der Waals surface area contributed by atoms with Crippen LogP contribution in [-0.4, -0.2) is 16.1 Å². The van der Waals surface area contributed by atoms with Crippen molar-refractivity contribution in [2.75, 3.05) is 0 Å². The molecule has 1 unspecified atom stereocenters. The molecular weight excluding hydrogens is 221 g/mol. The minimum absolute atomic E-state index is 0.146. The summed E-state index contributed by atoms with van der Waals surface area (Å²) in [6.45, 7) is 0. The van der Waals surface area contributed by atoms with Gasteiger partial charge < -0.3 is 5.11 Å². The lowest BCUT2D eigenvalue weighted by Gasteiger charge is -2.13. The monoisotopic (exact) mass is 231 g/mol. The molecule has 0 saturated heterocycles. The van der Waals surface area contributed by atoms with E-state index in [1.807, 2.05) is 0 Å². The van der Waals surface area contributed by atoms with Crippen LogP contribution in [0.2, 0.25) is 0 Å². The Kier molecular flexibility index (Phi) is 3.14. The fourth-order valence-electron chi connectivity index (χ4n) is 1.71. The molecule has 3 nitrogen and oxygen atoms in total. The maximum absolute atomic E-state index is 13.6. The fraction of sp³-hybridized carbons (Fsp3) is 0.0769. The lowest BCUT2D eigenvalue weighted by atomic mass is 9.92. The number of hydrogen-bond donors (Lipinski definition) is 1. The van der Waals surface area contributed by atoms with Crippen LogP contribution >= 0.6 is 0 Å². The van der Waals surface area contributed by atoms with Gasteiger partial charge in [-0.15, -0.1) is 0 Å². The van der Waals surface area contributed by atoms with Gasteiger partial charge in [0.15, 0.2) is 0 Å². The van der Waals surface area contributed by atoms with Crippen LogP contribution in [0.1, 0.15) is 17.0 Å². The molecule has 4 heteroatoms. The van der Waals surface area contributed by atoms with Gasteiger partial charge in [0.05, 0.1) is 0 Å². The Hall–Kier alpha value is -2.23. The molecule has 0 aliphatic heterocycles. The van der Waals surface area contributed by atoms with Crippen molar-refractivity contribution in [2.45, 2.75) is 5.92 Å². The number of aliphatic carboxylic acids is 1. The van der Waals surface area contributed by atoms with Crippen LogP contribution in [0, 0.1) is 5.82 Å². The Balaban J connectivity index is 2.51. The molecule has 0 spiro atoms. The number of hydrogen-bond acceptors (Lipinski definition) is 2. The average Bonchev–Trinajstić information content (AvgIpc) is 2.33. The van der Waals surface area contributed by atoms with E-state index in [9.17, 15) is 14.3 Å². The number of pyridine rings is 1. The SMILES string of the molecule is O=C(O)C(c1cccnc1)c1ccccc1F. The van der Waals surface area contributed by atoms with Crippen molar-refractivity contribution in [1.82, 2.24) is 4.98 Å². The standard InChI is InChI=1S/C13H10FNO2/c14-11-6-2-1-5-10(11)12(13(16)17)9-4-3-7-15-8-9/h1-8,12H,(H,16,17). The van der Waals surface area contributed by atoms with E-state index in [1.165, 1.54) is 24.4 Å². The van der Waals surface area contributed by atoms with E-state index in [4.69, 9.17) is 0 Å². The Morgan fingerprint density at radius 1 is 1.24 bits per heavy atom. The molecule has 2 aromatic rings.